The molecule has 1 aliphatic carbocycles. The molecule has 84 valence electrons. The molecular formula is C12H21N3. The number of hydrogen-bond donors (Lipinski definition) is 1. The molecule has 0 saturated heterocycles. The fraction of sp³-hybridized carbons (Fsp3) is 0.750. The van der Waals surface area contributed by atoms with E-state index in [-0.39, 0.29) is 6.04 Å². The minimum Gasteiger partial charge on any atom is -0.333 e. The van der Waals surface area contributed by atoms with Gasteiger partial charge in [-0.1, -0.05) is 20.3 Å². The van der Waals surface area contributed by atoms with Gasteiger partial charge in [0.15, 0.2) is 0 Å². The van der Waals surface area contributed by atoms with Gasteiger partial charge in [-0.05, 0) is 24.7 Å². The second-order valence-corrected chi connectivity index (χ2v) is 5.13. The molecule has 0 radical (unpaired) electrons. The first-order valence-electron chi connectivity index (χ1n) is 5.90. The SMILES string of the molecule is CC[C@@H](N)c1cncn1CC1(C)CCC1. The molecule has 0 bridgehead atoms. The highest BCUT2D eigenvalue weighted by Gasteiger charge is 2.32. The Kier molecular flexibility index (Phi) is 2.83. The molecule has 1 aromatic rings. The van der Waals surface area contributed by atoms with Crippen molar-refractivity contribution in [1.29, 1.82) is 0 Å². The van der Waals surface area contributed by atoms with Crippen LogP contribution in [0.3, 0.4) is 0 Å². The van der Waals surface area contributed by atoms with E-state index in [9.17, 15) is 0 Å². The Balaban J connectivity index is 2.10. The van der Waals surface area contributed by atoms with Crippen LogP contribution in [0.4, 0.5) is 0 Å². The predicted octanol–water partition coefficient (Wildman–Crippen LogP) is 2.48. The zero-order chi connectivity index (χ0) is 10.9. The smallest absolute Gasteiger partial charge is 0.0948 e. The summed E-state index contributed by atoms with van der Waals surface area (Å²) in [6.07, 6.45) is 8.87. The predicted molar refractivity (Wildman–Crippen MR) is 61.4 cm³/mol. The van der Waals surface area contributed by atoms with Crippen LogP contribution in [0.5, 0.6) is 0 Å². The molecule has 1 aromatic heterocycles. The Morgan fingerprint density at radius 3 is 2.87 bits per heavy atom. The maximum absolute atomic E-state index is 6.06. The lowest BCUT2D eigenvalue weighted by molar-refractivity contribution is 0.130. The molecule has 2 rings (SSSR count). The summed E-state index contributed by atoms with van der Waals surface area (Å²) in [7, 11) is 0. The first kappa shape index (κ1) is 10.7. The number of nitrogens with zero attached hydrogens (tertiary/aromatic N) is 2. The summed E-state index contributed by atoms with van der Waals surface area (Å²) in [5, 5.41) is 0. The number of imidazole rings is 1. The van der Waals surface area contributed by atoms with Crippen LogP contribution in [0.15, 0.2) is 12.5 Å². The van der Waals surface area contributed by atoms with E-state index >= 15 is 0 Å². The van der Waals surface area contributed by atoms with Crippen LogP contribution in [0, 0.1) is 5.41 Å². The lowest BCUT2D eigenvalue weighted by Gasteiger charge is -2.39. The van der Waals surface area contributed by atoms with E-state index in [2.05, 4.69) is 23.4 Å². The molecule has 1 saturated carbocycles. The van der Waals surface area contributed by atoms with Crippen molar-refractivity contribution in [2.45, 2.75) is 52.1 Å². The molecule has 0 unspecified atom stereocenters. The molecule has 0 spiro atoms. The molecular weight excluding hydrogens is 186 g/mol. The summed E-state index contributed by atoms with van der Waals surface area (Å²) in [4.78, 5) is 4.22. The van der Waals surface area contributed by atoms with Gasteiger partial charge in [0.05, 0.1) is 12.0 Å². The van der Waals surface area contributed by atoms with Gasteiger partial charge in [0.2, 0.25) is 0 Å². The van der Waals surface area contributed by atoms with Crippen LogP contribution in [-0.4, -0.2) is 9.55 Å². The van der Waals surface area contributed by atoms with Gasteiger partial charge in [0.25, 0.3) is 0 Å². The van der Waals surface area contributed by atoms with Crippen LogP contribution in [-0.2, 0) is 6.54 Å². The summed E-state index contributed by atoms with van der Waals surface area (Å²) in [6, 6.07) is 0.135. The van der Waals surface area contributed by atoms with E-state index < -0.39 is 0 Å². The van der Waals surface area contributed by atoms with Crippen molar-refractivity contribution in [2.75, 3.05) is 0 Å². The molecule has 1 heterocycles. The third-order valence-electron chi connectivity index (χ3n) is 3.68. The maximum Gasteiger partial charge on any atom is 0.0948 e. The standard InChI is InChI=1S/C12H21N3/c1-3-10(13)11-7-14-9-15(11)8-12(2)5-4-6-12/h7,9-10H,3-6,8,13H2,1-2H3/t10-/m1/s1. The monoisotopic (exact) mass is 207 g/mol. The highest BCUT2D eigenvalue weighted by molar-refractivity contribution is 5.05. The van der Waals surface area contributed by atoms with Crippen LogP contribution in [0.2, 0.25) is 0 Å². The van der Waals surface area contributed by atoms with Crippen molar-refractivity contribution in [3.05, 3.63) is 18.2 Å². The summed E-state index contributed by atoms with van der Waals surface area (Å²) in [6.45, 7) is 5.56. The fourth-order valence-corrected chi connectivity index (χ4v) is 2.33. The Hall–Kier alpha value is -0.830. The lowest BCUT2D eigenvalue weighted by Crippen LogP contribution is -2.31. The summed E-state index contributed by atoms with van der Waals surface area (Å²) >= 11 is 0. The van der Waals surface area contributed by atoms with E-state index in [1.165, 1.54) is 25.0 Å². The van der Waals surface area contributed by atoms with Gasteiger partial charge in [-0.25, -0.2) is 4.98 Å². The number of hydrogen-bond acceptors (Lipinski definition) is 2. The third kappa shape index (κ3) is 2.07. The number of rotatable bonds is 4. The minimum absolute atomic E-state index is 0.135. The first-order valence-corrected chi connectivity index (χ1v) is 5.90. The fourth-order valence-electron chi connectivity index (χ4n) is 2.33. The third-order valence-corrected chi connectivity index (χ3v) is 3.68. The highest BCUT2D eigenvalue weighted by Crippen LogP contribution is 2.42. The largest absolute Gasteiger partial charge is 0.333 e. The molecule has 3 heteroatoms. The maximum atomic E-state index is 6.06. The summed E-state index contributed by atoms with van der Waals surface area (Å²) in [5.74, 6) is 0. The van der Waals surface area contributed by atoms with E-state index in [1.54, 1.807) is 0 Å². The average molecular weight is 207 g/mol. The van der Waals surface area contributed by atoms with E-state index in [0.717, 1.165) is 13.0 Å². The van der Waals surface area contributed by atoms with Gasteiger partial charge in [-0.3, -0.25) is 0 Å². The van der Waals surface area contributed by atoms with E-state index in [1.807, 2.05) is 12.5 Å². The zero-order valence-electron chi connectivity index (χ0n) is 9.74. The van der Waals surface area contributed by atoms with E-state index in [0.29, 0.717) is 5.41 Å². The molecule has 3 nitrogen and oxygen atoms in total. The van der Waals surface area contributed by atoms with Crippen molar-refractivity contribution in [3.8, 4) is 0 Å². The Morgan fingerprint density at radius 2 is 2.33 bits per heavy atom. The normalized spacial score (nSPS) is 21.0. The topological polar surface area (TPSA) is 43.8 Å². The van der Waals surface area contributed by atoms with Crippen molar-refractivity contribution < 1.29 is 0 Å². The van der Waals surface area contributed by atoms with Gasteiger partial charge >= 0.3 is 0 Å². The number of aromatic nitrogens is 2. The molecule has 1 aliphatic rings. The highest BCUT2D eigenvalue weighted by atomic mass is 15.1. The molecule has 0 aliphatic heterocycles. The van der Waals surface area contributed by atoms with Crippen LogP contribution < -0.4 is 5.73 Å². The number of nitrogens with two attached hydrogens (primary N) is 1. The Labute approximate surface area is 91.7 Å². The van der Waals surface area contributed by atoms with Gasteiger partial charge in [0.1, 0.15) is 0 Å². The van der Waals surface area contributed by atoms with E-state index in [4.69, 9.17) is 5.73 Å². The van der Waals surface area contributed by atoms with Crippen molar-refractivity contribution in [2.24, 2.45) is 11.1 Å². The van der Waals surface area contributed by atoms with Crippen LogP contribution >= 0.6 is 0 Å². The Bertz CT molecular complexity index is 325. The molecule has 0 aromatic carbocycles. The molecule has 2 N–H and O–H groups in total. The lowest BCUT2D eigenvalue weighted by atomic mass is 9.70. The molecule has 15 heavy (non-hydrogen) atoms. The van der Waals surface area contributed by atoms with Crippen molar-refractivity contribution in [1.82, 2.24) is 9.55 Å². The van der Waals surface area contributed by atoms with Gasteiger partial charge in [-0.2, -0.15) is 0 Å². The van der Waals surface area contributed by atoms with Gasteiger partial charge in [-0.15, -0.1) is 0 Å². The zero-order valence-corrected chi connectivity index (χ0v) is 9.74. The summed E-state index contributed by atoms with van der Waals surface area (Å²) < 4.78 is 2.24. The molecule has 1 fully saturated rings. The quantitative estimate of drug-likeness (QED) is 0.824. The first-order chi connectivity index (χ1) is 7.14. The van der Waals surface area contributed by atoms with Crippen LogP contribution in [0.25, 0.3) is 0 Å². The van der Waals surface area contributed by atoms with Crippen molar-refractivity contribution >= 4 is 0 Å². The second kappa shape index (κ2) is 3.97. The van der Waals surface area contributed by atoms with Gasteiger partial charge < -0.3 is 10.3 Å². The van der Waals surface area contributed by atoms with Crippen LogP contribution in [0.1, 0.15) is 51.3 Å². The average Bonchev–Trinajstić information content (AvgIpc) is 2.62. The minimum atomic E-state index is 0.135. The molecule has 1 atom stereocenters. The van der Waals surface area contributed by atoms with Gasteiger partial charge in [0, 0.05) is 18.8 Å². The Morgan fingerprint density at radius 1 is 1.60 bits per heavy atom. The molecule has 0 amide bonds. The van der Waals surface area contributed by atoms with Crippen molar-refractivity contribution in [3.63, 3.8) is 0 Å². The summed E-state index contributed by atoms with van der Waals surface area (Å²) in [5.41, 5.74) is 7.73. The second-order valence-electron chi connectivity index (χ2n) is 5.13.